The van der Waals surface area contributed by atoms with Crippen molar-refractivity contribution in [3.8, 4) is 11.1 Å². The van der Waals surface area contributed by atoms with Crippen molar-refractivity contribution in [3.63, 3.8) is 0 Å². The summed E-state index contributed by atoms with van der Waals surface area (Å²) in [7, 11) is 6.17. The number of rotatable bonds is 8. The first-order valence-corrected chi connectivity index (χ1v) is 10.7. The molecule has 0 saturated carbocycles. The van der Waals surface area contributed by atoms with Crippen molar-refractivity contribution in [3.05, 3.63) is 78.0 Å². The maximum Gasteiger partial charge on any atom is 0.136 e. The number of pyridine rings is 1. The summed E-state index contributed by atoms with van der Waals surface area (Å²) in [6.07, 6.45) is 4.21. The second kappa shape index (κ2) is 9.46. The summed E-state index contributed by atoms with van der Waals surface area (Å²) in [6.45, 7) is 1.73. The van der Waals surface area contributed by atoms with Gasteiger partial charge in [0.15, 0.2) is 0 Å². The number of nitrogens with one attached hydrogen (secondary N) is 1. The molecule has 3 N–H and O–H groups in total. The Kier molecular flexibility index (Phi) is 6.48. The van der Waals surface area contributed by atoms with Crippen LogP contribution in [0.25, 0.3) is 21.9 Å². The molecule has 166 valence electrons. The van der Waals surface area contributed by atoms with Gasteiger partial charge in [-0.1, -0.05) is 24.3 Å². The molecule has 0 amide bonds. The van der Waals surface area contributed by atoms with Gasteiger partial charge in [0.2, 0.25) is 0 Å². The zero-order chi connectivity index (χ0) is 22.7. The Hall–Kier alpha value is -3.29. The molecule has 6 nitrogen and oxygen atoms in total. The predicted octanol–water partition coefficient (Wildman–Crippen LogP) is 4.00. The van der Waals surface area contributed by atoms with Crippen LogP contribution in [-0.2, 0) is 6.42 Å². The molecule has 2 aromatic heterocycles. The summed E-state index contributed by atoms with van der Waals surface area (Å²) in [5, 5.41) is 9.08. The van der Waals surface area contributed by atoms with Crippen molar-refractivity contribution in [2.45, 2.75) is 12.5 Å². The van der Waals surface area contributed by atoms with Gasteiger partial charge < -0.3 is 15.5 Å². The largest absolute Gasteiger partial charge is 0.358 e. The lowest BCUT2D eigenvalue weighted by atomic mass is 9.99. The van der Waals surface area contributed by atoms with Crippen molar-refractivity contribution in [2.24, 2.45) is 5.73 Å². The number of H-pyrrole nitrogens is 1. The van der Waals surface area contributed by atoms with Gasteiger partial charge in [-0.2, -0.15) is 5.10 Å². The number of aromatic amines is 1. The van der Waals surface area contributed by atoms with E-state index in [0.717, 1.165) is 52.1 Å². The third-order valence-corrected chi connectivity index (χ3v) is 5.63. The van der Waals surface area contributed by atoms with Gasteiger partial charge in [0, 0.05) is 37.3 Å². The number of fused-ring (bicyclic) bond motifs is 1. The summed E-state index contributed by atoms with van der Waals surface area (Å²) >= 11 is 0. The summed E-state index contributed by atoms with van der Waals surface area (Å²) in [6, 6.07) is 14.6. The third kappa shape index (κ3) is 4.95. The third-order valence-electron chi connectivity index (χ3n) is 5.63. The number of halogens is 1. The number of anilines is 1. The zero-order valence-electron chi connectivity index (χ0n) is 18.7. The van der Waals surface area contributed by atoms with E-state index in [1.165, 1.54) is 12.1 Å². The van der Waals surface area contributed by atoms with Crippen LogP contribution in [-0.4, -0.2) is 54.3 Å². The van der Waals surface area contributed by atoms with Crippen LogP contribution in [0, 0.1) is 5.82 Å². The van der Waals surface area contributed by atoms with E-state index in [2.05, 4.69) is 59.3 Å². The highest BCUT2D eigenvalue weighted by molar-refractivity contribution is 5.95. The Labute approximate surface area is 187 Å². The van der Waals surface area contributed by atoms with E-state index >= 15 is 0 Å². The predicted molar refractivity (Wildman–Crippen MR) is 128 cm³/mol. The molecule has 2 heterocycles. The van der Waals surface area contributed by atoms with E-state index in [0.29, 0.717) is 6.42 Å². The van der Waals surface area contributed by atoms with Crippen LogP contribution in [0.5, 0.6) is 0 Å². The molecule has 0 spiro atoms. The highest BCUT2D eigenvalue weighted by Crippen LogP contribution is 2.31. The Morgan fingerprint density at radius 2 is 1.88 bits per heavy atom. The molecular weight excluding hydrogens is 403 g/mol. The number of likely N-dealkylation sites (N-methyl/N-ethyl adjacent to an activating group) is 2. The van der Waals surface area contributed by atoms with Crippen LogP contribution in [0.3, 0.4) is 0 Å². The van der Waals surface area contributed by atoms with E-state index in [1.54, 1.807) is 6.07 Å². The first kappa shape index (κ1) is 21.9. The molecule has 0 unspecified atom stereocenters. The minimum Gasteiger partial charge on any atom is -0.358 e. The van der Waals surface area contributed by atoms with Gasteiger partial charge in [0.05, 0.1) is 17.9 Å². The molecule has 2 aromatic carbocycles. The fourth-order valence-electron chi connectivity index (χ4n) is 3.80. The van der Waals surface area contributed by atoms with Crippen molar-refractivity contribution < 1.29 is 4.39 Å². The van der Waals surface area contributed by atoms with Crippen LogP contribution in [0.1, 0.15) is 17.3 Å². The van der Waals surface area contributed by atoms with E-state index in [9.17, 15) is 4.39 Å². The average Bonchev–Trinajstić information content (AvgIpc) is 3.31. The molecule has 4 aromatic rings. The molecule has 0 saturated heterocycles. The fourth-order valence-corrected chi connectivity index (χ4v) is 3.80. The Balaban J connectivity index is 1.74. The second-order valence-corrected chi connectivity index (χ2v) is 8.46. The van der Waals surface area contributed by atoms with Gasteiger partial charge >= 0.3 is 0 Å². The molecule has 7 heteroatoms. The van der Waals surface area contributed by atoms with Crippen LogP contribution in [0.15, 0.2) is 60.9 Å². The fraction of sp³-hybridized carbons (Fsp3) is 0.280. The van der Waals surface area contributed by atoms with Gasteiger partial charge in [-0.05, 0) is 61.3 Å². The lowest BCUT2D eigenvalue weighted by molar-refractivity contribution is 0.416. The standard InChI is InChI=1S/C25H29FN6/c1-31(2)9-10-32(3)25-22-13-18(20-15-28-29-16-20)7-8-19(22)14-24(30-25)23(27)12-17-5-4-6-21(26)11-17/h4-8,11,13-16,23H,9-10,12,27H2,1-3H3,(H,28,29)/t23-/m1/s1. The van der Waals surface area contributed by atoms with E-state index in [1.807, 2.05) is 24.5 Å². The first-order chi connectivity index (χ1) is 15.4. The van der Waals surface area contributed by atoms with Gasteiger partial charge in [0.1, 0.15) is 11.6 Å². The van der Waals surface area contributed by atoms with Crippen molar-refractivity contribution in [1.82, 2.24) is 20.1 Å². The summed E-state index contributed by atoms with van der Waals surface area (Å²) < 4.78 is 13.6. The Morgan fingerprint density at radius 3 is 2.59 bits per heavy atom. The average molecular weight is 433 g/mol. The molecule has 0 fully saturated rings. The van der Waals surface area contributed by atoms with Crippen molar-refractivity contribution in [2.75, 3.05) is 39.1 Å². The van der Waals surface area contributed by atoms with Crippen LogP contribution < -0.4 is 10.6 Å². The normalized spacial score (nSPS) is 12.4. The number of benzene rings is 2. The van der Waals surface area contributed by atoms with Crippen molar-refractivity contribution >= 4 is 16.6 Å². The molecule has 0 bridgehead atoms. The van der Waals surface area contributed by atoms with Crippen molar-refractivity contribution in [1.29, 1.82) is 0 Å². The molecule has 4 rings (SSSR count). The van der Waals surface area contributed by atoms with E-state index in [-0.39, 0.29) is 11.9 Å². The lowest BCUT2D eigenvalue weighted by Crippen LogP contribution is -2.29. The number of aromatic nitrogens is 3. The number of hydrogen-bond acceptors (Lipinski definition) is 5. The molecule has 0 aliphatic carbocycles. The molecule has 1 atom stereocenters. The SMILES string of the molecule is CN(C)CCN(C)c1nc([C@H](N)Cc2cccc(F)c2)cc2ccc(-c3cn[nH]c3)cc12. The number of nitrogens with two attached hydrogens (primary N) is 1. The second-order valence-electron chi connectivity index (χ2n) is 8.46. The molecule has 0 aliphatic heterocycles. The topological polar surface area (TPSA) is 74.1 Å². The highest BCUT2D eigenvalue weighted by atomic mass is 19.1. The van der Waals surface area contributed by atoms with Gasteiger partial charge in [-0.3, -0.25) is 5.10 Å². The van der Waals surface area contributed by atoms with E-state index in [4.69, 9.17) is 10.7 Å². The Morgan fingerprint density at radius 1 is 1.03 bits per heavy atom. The van der Waals surface area contributed by atoms with Gasteiger partial charge in [0.25, 0.3) is 0 Å². The van der Waals surface area contributed by atoms with Gasteiger partial charge in [-0.15, -0.1) is 0 Å². The first-order valence-electron chi connectivity index (χ1n) is 10.7. The Bertz CT molecular complexity index is 1190. The summed E-state index contributed by atoms with van der Waals surface area (Å²) in [5.41, 5.74) is 10.3. The lowest BCUT2D eigenvalue weighted by Gasteiger charge is -2.24. The molecular formula is C25H29FN6. The maximum atomic E-state index is 13.6. The van der Waals surface area contributed by atoms with Crippen LogP contribution in [0.2, 0.25) is 0 Å². The number of nitrogens with zero attached hydrogens (tertiary/aromatic N) is 4. The smallest absolute Gasteiger partial charge is 0.136 e. The van der Waals surface area contributed by atoms with E-state index < -0.39 is 0 Å². The minimum absolute atomic E-state index is 0.253. The highest BCUT2D eigenvalue weighted by Gasteiger charge is 2.16. The quantitative estimate of drug-likeness (QED) is 0.440. The zero-order valence-corrected chi connectivity index (χ0v) is 18.7. The van der Waals surface area contributed by atoms with Crippen LogP contribution in [0.4, 0.5) is 10.2 Å². The molecule has 0 aliphatic rings. The maximum absolute atomic E-state index is 13.6. The molecule has 0 radical (unpaired) electrons. The monoisotopic (exact) mass is 432 g/mol. The number of hydrogen-bond donors (Lipinski definition) is 2. The van der Waals surface area contributed by atoms with Crippen LogP contribution >= 0.6 is 0 Å². The summed E-state index contributed by atoms with van der Waals surface area (Å²) in [5.74, 6) is 0.636. The minimum atomic E-state index is -0.337. The summed E-state index contributed by atoms with van der Waals surface area (Å²) in [4.78, 5) is 9.30. The molecule has 32 heavy (non-hydrogen) atoms. The van der Waals surface area contributed by atoms with Gasteiger partial charge in [-0.25, -0.2) is 9.37 Å².